The van der Waals surface area contributed by atoms with Gasteiger partial charge in [0.25, 0.3) is 5.91 Å². The van der Waals surface area contributed by atoms with Gasteiger partial charge in [0, 0.05) is 41.5 Å². The topological polar surface area (TPSA) is 127 Å². The van der Waals surface area contributed by atoms with Crippen molar-refractivity contribution in [2.45, 2.75) is 25.4 Å². The number of pyridine rings is 1. The lowest BCUT2D eigenvalue weighted by Crippen LogP contribution is -2.32. The zero-order chi connectivity index (χ0) is 29.1. The van der Waals surface area contributed by atoms with Gasteiger partial charge < -0.3 is 21.8 Å². The number of fused-ring (bicyclic) bond motifs is 1. The molecule has 0 saturated carbocycles. The number of halogens is 3. The lowest BCUT2D eigenvalue weighted by molar-refractivity contribution is -0.121. The summed E-state index contributed by atoms with van der Waals surface area (Å²) in [5.41, 5.74) is 14.9. The van der Waals surface area contributed by atoms with Gasteiger partial charge >= 0.3 is 0 Å². The average molecular weight is 558 g/mol. The number of nitrogens with zero attached hydrogens (tertiary/aromatic N) is 1. The molecule has 0 aliphatic carbocycles. The number of carbonyl (C=O) groups excluding carboxylic acids is 2. The fourth-order valence-electron chi connectivity index (χ4n) is 4.93. The van der Waals surface area contributed by atoms with Gasteiger partial charge in [-0.1, -0.05) is 24.3 Å². The summed E-state index contributed by atoms with van der Waals surface area (Å²) in [5, 5.41) is 3.82. The lowest BCUT2D eigenvalue weighted by Gasteiger charge is -2.22. The van der Waals surface area contributed by atoms with Crippen LogP contribution in [-0.2, 0) is 24.2 Å². The van der Waals surface area contributed by atoms with Crippen molar-refractivity contribution < 1.29 is 22.8 Å². The smallest absolute Gasteiger partial charge is 0.251 e. The molecule has 2 amide bonds. The second-order valence-corrected chi connectivity index (χ2v) is 9.67. The van der Waals surface area contributed by atoms with Gasteiger partial charge in [0.15, 0.2) is 0 Å². The van der Waals surface area contributed by atoms with Crippen LogP contribution in [0.5, 0.6) is 0 Å². The molecule has 5 aromatic rings. The van der Waals surface area contributed by atoms with Crippen LogP contribution in [0.3, 0.4) is 0 Å². The van der Waals surface area contributed by atoms with Crippen LogP contribution < -0.4 is 16.8 Å². The molecule has 0 saturated heterocycles. The molecule has 41 heavy (non-hydrogen) atoms. The third kappa shape index (κ3) is 6.12. The Balaban J connectivity index is 1.51. The third-order valence-corrected chi connectivity index (χ3v) is 6.83. The van der Waals surface area contributed by atoms with Crippen molar-refractivity contribution in [3.05, 3.63) is 125 Å². The molecule has 6 N–H and O–H groups in total. The quantitative estimate of drug-likeness (QED) is 0.207. The molecule has 1 atom stereocenters. The van der Waals surface area contributed by atoms with Gasteiger partial charge in [0.1, 0.15) is 17.5 Å². The van der Waals surface area contributed by atoms with Crippen molar-refractivity contribution >= 4 is 22.7 Å². The maximum absolute atomic E-state index is 14.2. The van der Waals surface area contributed by atoms with Crippen LogP contribution in [0.15, 0.2) is 79.1 Å². The summed E-state index contributed by atoms with van der Waals surface area (Å²) in [7, 11) is 0. The van der Waals surface area contributed by atoms with E-state index in [9.17, 15) is 22.8 Å². The number of hydrogen-bond acceptors (Lipinski definition) is 4. The van der Waals surface area contributed by atoms with Gasteiger partial charge in [-0.15, -0.1) is 0 Å². The molecule has 0 radical (unpaired) electrons. The van der Waals surface area contributed by atoms with E-state index in [1.807, 2.05) is 18.2 Å². The molecular formula is C31H26F3N5O2. The van der Waals surface area contributed by atoms with Crippen LogP contribution in [0.2, 0.25) is 0 Å². The predicted octanol–water partition coefficient (Wildman–Crippen LogP) is 4.85. The minimum atomic E-state index is -0.938. The highest BCUT2D eigenvalue weighted by atomic mass is 19.1. The molecule has 0 aliphatic rings. The number of carbonyl (C=O) groups is 2. The molecule has 2 heterocycles. The summed E-state index contributed by atoms with van der Waals surface area (Å²) in [5.74, 6) is -3.58. The molecular weight excluding hydrogens is 531 g/mol. The first-order chi connectivity index (χ1) is 19.7. The van der Waals surface area contributed by atoms with Crippen LogP contribution >= 0.6 is 0 Å². The first-order valence-electron chi connectivity index (χ1n) is 12.8. The number of benzene rings is 3. The Morgan fingerprint density at radius 3 is 2.46 bits per heavy atom. The Hall–Kier alpha value is -4.96. The third-order valence-electron chi connectivity index (χ3n) is 6.83. The van der Waals surface area contributed by atoms with Crippen molar-refractivity contribution in [3.8, 4) is 11.1 Å². The number of nitrogens with one attached hydrogen (secondary N) is 2. The number of H-pyrrole nitrogens is 1. The predicted molar refractivity (Wildman–Crippen MR) is 149 cm³/mol. The summed E-state index contributed by atoms with van der Waals surface area (Å²) in [6.07, 6.45) is 3.28. The van der Waals surface area contributed by atoms with E-state index in [0.29, 0.717) is 28.9 Å². The summed E-state index contributed by atoms with van der Waals surface area (Å²) in [6.45, 7) is 0.383. The second-order valence-electron chi connectivity index (χ2n) is 9.67. The zero-order valence-corrected chi connectivity index (χ0v) is 21.8. The number of amides is 2. The number of nitrogens with two attached hydrogens (primary N) is 2. The SMILES string of the molecule is NCc1ccc2c(CC(=O)N[C@@H](Cc3cc(F)cc(F)c3)c3ncccc3-c3ccc(F)c(C(N)=O)c3)c[nH]c2c1. The second kappa shape index (κ2) is 11.6. The Labute approximate surface area is 233 Å². The molecule has 10 heteroatoms. The maximum Gasteiger partial charge on any atom is 0.251 e. The van der Waals surface area contributed by atoms with Crippen molar-refractivity contribution in [2.75, 3.05) is 0 Å². The van der Waals surface area contributed by atoms with Crippen LogP contribution in [-0.4, -0.2) is 21.8 Å². The Kier molecular flexibility index (Phi) is 7.84. The number of aromatic amines is 1. The lowest BCUT2D eigenvalue weighted by atomic mass is 9.94. The molecule has 0 fully saturated rings. The first-order valence-corrected chi connectivity index (χ1v) is 12.8. The molecule has 0 aliphatic heterocycles. The number of hydrogen-bond donors (Lipinski definition) is 4. The Bertz CT molecular complexity index is 1750. The van der Waals surface area contributed by atoms with Gasteiger partial charge in [0.05, 0.1) is 23.7 Å². The van der Waals surface area contributed by atoms with Crippen LogP contribution in [0.25, 0.3) is 22.0 Å². The van der Waals surface area contributed by atoms with E-state index in [1.54, 1.807) is 18.3 Å². The standard InChI is InChI=1S/C31H26F3N5O2/c32-21-8-18(9-22(33)14-21)11-28(39-29(40)13-20-16-38-27-10-17(15-35)3-5-23(20)27)30-24(2-1-7-37-30)19-4-6-26(34)25(12-19)31(36)41/h1-10,12,14,16,28,38H,11,13,15,35H2,(H2,36,41)(H,39,40)/t28-/m0/s1. The monoisotopic (exact) mass is 557 g/mol. The van der Waals surface area contributed by atoms with E-state index in [0.717, 1.165) is 34.2 Å². The molecule has 7 nitrogen and oxygen atoms in total. The Morgan fingerprint density at radius 1 is 0.951 bits per heavy atom. The van der Waals surface area contributed by atoms with Crippen LogP contribution in [0.4, 0.5) is 13.2 Å². The van der Waals surface area contributed by atoms with E-state index in [2.05, 4.69) is 15.3 Å². The van der Waals surface area contributed by atoms with Crippen LogP contribution in [0, 0.1) is 17.5 Å². The molecule has 3 aromatic carbocycles. The maximum atomic E-state index is 14.2. The molecule has 5 rings (SSSR count). The highest BCUT2D eigenvalue weighted by molar-refractivity contribution is 5.94. The average Bonchev–Trinajstić information content (AvgIpc) is 3.33. The van der Waals surface area contributed by atoms with Crippen molar-refractivity contribution in [1.82, 2.24) is 15.3 Å². The van der Waals surface area contributed by atoms with Gasteiger partial charge in [-0.2, -0.15) is 0 Å². The van der Waals surface area contributed by atoms with Gasteiger partial charge in [-0.3, -0.25) is 14.6 Å². The van der Waals surface area contributed by atoms with E-state index < -0.39 is 29.4 Å². The molecule has 208 valence electrons. The largest absolute Gasteiger partial charge is 0.366 e. The van der Waals surface area contributed by atoms with Crippen molar-refractivity contribution in [3.63, 3.8) is 0 Å². The number of rotatable bonds is 9. The summed E-state index contributed by atoms with van der Waals surface area (Å²) in [6, 6.07) is 15.2. The fourth-order valence-corrected chi connectivity index (χ4v) is 4.93. The van der Waals surface area contributed by atoms with Gasteiger partial charge in [0.2, 0.25) is 5.91 Å². The van der Waals surface area contributed by atoms with E-state index >= 15 is 0 Å². The highest BCUT2D eigenvalue weighted by Crippen LogP contribution is 2.31. The highest BCUT2D eigenvalue weighted by Gasteiger charge is 2.23. The van der Waals surface area contributed by atoms with Crippen LogP contribution in [0.1, 0.15) is 38.8 Å². The first kappa shape index (κ1) is 27.6. The Morgan fingerprint density at radius 2 is 1.73 bits per heavy atom. The van der Waals surface area contributed by atoms with Gasteiger partial charge in [-0.25, -0.2) is 13.2 Å². The summed E-state index contributed by atoms with van der Waals surface area (Å²) >= 11 is 0. The normalized spacial score (nSPS) is 11.9. The van der Waals surface area contributed by atoms with Crippen molar-refractivity contribution in [1.29, 1.82) is 0 Å². The van der Waals surface area contributed by atoms with E-state index in [4.69, 9.17) is 11.5 Å². The number of aromatic nitrogens is 2. The number of primary amides is 1. The van der Waals surface area contributed by atoms with Gasteiger partial charge in [-0.05, 0) is 65.1 Å². The molecule has 2 aromatic heterocycles. The minimum absolute atomic E-state index is 0.00203. The molecule has 0 unspecified atom stereocenters. The van der Waals surface area contributed by atoms with E-state index in [1.165, 1.54) is 30.5 Å². The minimum Gasteiger partial charge on any atom is -0.366 e. The van der Waals surface area contributed by atoms with Crippen molar-refractivity contribution in [2.24, 2.45) is 11.5 Å². The molecule has 0 spiro atoms. The van der Waals surface area contributed by atoms with E-state index in [-0.39, 0.29) is 24.3 Å². The molecule has 0 bridgehead atoms. The summed E-state index contributed by atoms with van der Waals surface area (Å²) < 4.78 is 42.3. The summed E-state index contributed by atoms with van der Waals surface area (Å²) in [4.78, 5) is 32.8. The zero-order valence-electron chi connectivity index (χ0n) is 21.8. The fraction of sp³-hybridized carbons (Fsp3) is 0.129.